The summed E-state index contributed by atoms with van der Waals surface area (Å²) in [6.45, 7) is 11.8. The van der Waals surface area contributed by atoms with Crippen LogP contribution in [0.1, 0.15) is 52.9 Å². The second-order valence-electron chi connectivity index (χ2n) is 8.58. The Morgan fingerprint density at radius 1 is 1.44 bits per heavy atom. The first-order chi connectivity index (χ1) is 11.8. The van der Waals surface area contributed by atoms with E-state index in [4.69, 9.17) is 4.74 Å². The van der Waals surface area contributed by atoms with Gasteiger partial charge < -0.3 is 15.0 Å². The summed E-state index contributed by atoms with van der Waals surface area (Å²) >= 11 is 0. The Bertz CT molecular complexity index is 559. The van der Waals surface area contributed by atoms with Crippen molar-refractivity contribution in [1.82, 2.24) is 10.2 Å². The number of amides is 2. The van der Waals surface area contributed by atoms with Crippen molar-refractivity contribution in [3.8, 4) is 0 Å². The fourth-order valence-electron chi connectivity index (χ4n) is 4.65. The number of nitrogens with one attached hydrogen (secondary N) is 1. The number of ether oxygens (including phenoxy) is 1. The molecule has 0 saturated carbocycles. The summed E-state index contributed by atoms with van der Waals surface area (Å²) < 4.78 is 6.36. The number of carbonyl (C=O) groups excluding carboxylic acids is 2. The summed E-state index contributed by atoms with van der Waals surface area (Å²) in [5.41, 5.74) is -0.497. The van der Waals surface area contributed by atoms with Crippen molar-refractivity contribution in [3.05, 3.63) is 12.7 Å². The Morgan fingerprint density at radius 2 is 2.20 bits per heavy atom. The molecule has 0 aliphatic carbocycles. The molecule has 3 aliphatic heterocycles. The summed E-state index contributed by atoms with van der Waals surface area (Å²) in [6, 6.07) is 0. The molecule has 3 aliphatic rings. The van der Waals surface area contributed by atoms with E-state index in [-0.39, 0.29) is 28.9 Å². The molecule has 140 valence electrons. The minimum Gasteiger partial charge on any atom is -0.369 e. The Kier molecular flexibility index (Phi) is 4.97. The second-order valence-corrected chi connectivity index (χ2v) is 8.58. The van der Waals surface area contributed by atoms with Crippen LogP contribution >= 0.6 is 0 Å². The van der Waals surface area contributed by atoms with Gasteiger partial charge in [-0.05, 0) is 25.7 Å². The largest absolute Gasteiger partial charge is 0.369 e. The monoisotopic (exact) mass is 348 g/mol. The normalized spacial score (nSPS) is 33.4. The van der Waals surface area contributed by atoms with Crippen molar-refractivity contribution in [3.63, 3.8) is 0 Å². The molecule has 25 heavy (non-hydrogen) atoms. The van der Waals surface area contributed by atoms with Gasteiger partial charge in [-0.1, -0.05) is 26.8 Å². The number of hydrogen-bond donors (Lipinski definition) is 1. The lowest BCUT2D eigenvalue weighted by atomic mass is 9.73. The van der Waals surface area contributed by atoms with E-state index in [1.54, 1.807) is 6.08 Å². The van der Waals surface area contributed by atoms with Crippen molar-refractivity contribution in [2.24, 2.45) is 17.3 Å². The molecule has 0 radical (unpaired) electrons. The zero-order chi connectivity index (χ0) is 18.2. The van der Waals surface area contributed by atoms with E-state index in [0.717, 1.165) is 38.8 Å². The van der Waals surface area contributed by atoms with Crippen LogP contribution in [0.4, 0.5) is 0 Å². The lowest BCUT2D eigenvalue weighted by Crippen LogP contribution is -2.44. The molecule has 5 heteroatoms. The van der Waals surface area contributed by atoms with Crippen molar-refractivity contribution < 1.29 is 14.3 Å². The van der Waals surface area contributed by atoms with Gasteiger partial charge in [-0.25, -0.2) is 0 Å². The molecule has 3 saturated heterocycles. The summed E-state index contributed by atoms with van der Waals surface area (Å²) in [4.78, 5) is 26.8. The first-order valence-corrected chi connectivity index (χ1v) is 9.68. The number of likely N-dealkylation sites (tertiary alicyclic amines) is 1. The third-order valence-corrected chi connectivity index (χ3v) is 6.70. The molecule has 5 nitrogen and oxygen atoms in total. The Labute approximate surface area is 151 Å². The van der Waals surface area contributed by atoms with Gasteiger partial charge in [0, 0.05) is 36.8 Å². The molecule has 4 atom stereocenters. The fourth-order valence-corrected chi connectivity index (χ4v) is 4.65. The number of hydrogen-bond acceptors (Lipinski definition) is 3. The van der Waals surface area contributed by atoms with E-state index in [1.165, 1.54) is 0 Å². The molecule has 0 aromatic rings. The van der Waals surface area contributed by atoms with E-state index in [1.807, 2.05) is 25.7 Å². The smallest absolute Gasteiger partial charge is 0.225 e. The van der Waals surface area contributed by atoms with Gasteiger partial charge in [0.25, 0.3) is 0 Å². The average molecular weight is 348 g/mol. The number of rotatable bonds is 7. The highest BCUT2D eigenvalue weighted by Gasteiger charge is 2.63. The van der Waals surface area contributed by atoms with Crippen LogP contribution in [0.25, 0.3) is 0 Å². The van der Waals surface area contributed by atoms with Crippen LogP contribution in [0.2, 0.25) is 0 Å². The van der Waals surface area contributed by atoms with E-state index in [0.29, 0.717) is 24.8 Å². The summed E-state index contributed by atoms with van der Waals surface area (Å²) in [5.74, 6) is 0.987. The van der Waals surface area contributed by atoms with Crippen molar-refractivity contribution in [2.45, 2.75) is 64.6 Å². The standard InChI is InChI=1S/C20H32N2O3/c1-5-7-8-17(23)22-12-15-14(11-21-18(24)19(3,4)6-2)16-9-10-20(15,13-22)25-16/h5,14-16H,1,6-13H2,2-4H3,(H,21,24)/t14-,15+,16+,20+/m0/s1. The summed E-state index contributed by atoms with van der Waals surface area (Å²) in [6.07, 6.45) is 6.19. The SMILES string of the molecule is C=CCCC(=O)N1C[C@@H]2[C@H](CNC(=O)C(C)(C)CC)[C@H]3CC[C@]2(C1)O3. The fraction of sp³-hybridized carbons (Fsp3) is 0.800. The van der Waals surface area contributed by atoms with Crippen molar-refractivity contribution in [2.75, 3.05) is 19.6 Å². The van der Waals surface area contributed by atoms with Crippen molar-refractivity contribution >= 4 is 11.8 Å². The molecule has 1 spiro atoms. The highest BCUT2D eigenvalue weighted by molar-refractivity contribution is 5.81. The van der Waals surface area contributed by atoms with Crippen LogP contribution in [0.3, 0.4) is 0 Å². The molecule has 3 rings (SSSR count). The van der Waals surface area contributed by atoms with Crippen LogP contribution in [0, 0.1) is 17.3 Å². The van der Waals surface area contributed by atoms with Gasteiger partial charge in [0.2, 0.25) is 11.8 Å². The number of fused-ring (bicyclic) bond motifs is 1. The lowest BCUT2D eigenvalue weighted by Gasteiger charge is -2.30. The van der Waals surface area contributed by atoms with Crippen LogP contribution in [-0.2, 0) is 14.3 Å². The molecule has 3 heterocycles. The maximum atomic E-state index is 12.4. The van der Waals surface area contributed by atoms with E-state index in [9.17, 15) is 9.59 Å². The van der Waals surface area contributed by atoms with E-state index in [2.05, 4.69) is 11.9 Å². The van der Waals surface area contributed by atoms with E-state index < -0.39 is 0 Å². The zero-order valence-corrected chi connectivity index (χ0v) is 15.8. The van der Waals surface area contributed by atoms with Gasteiger partial charge in [-0.2, -0.15) is 0 Å². The minimum absolute atomic E-state index is 0.115. The number of nitrogens with zero attached hydrogens (tertiary/aromatic N) is 1. The Hall–Kier alpha value is -1.36. The predicted molar refractivity (Wildman–Crippen MR) is 96.9 cm³/mol. The van der Waals surface area contributed by atoms with Gasteiger partial charge in [0.15, 0.2) is 0 Å². The second kappa shape index (κ2) is 6.75. The molecular weight excluding hydrogens is 316 g/mol. The molecule has 1 N–H and O–H groups in total. The van der Waals surface area contributed by atoms with Gasteiger partial charge in [-0.3, -0.25) is 9.59 Å². The molecule has 3 fully saturated rings. The van der Waals surface area contributed by atoms with Gasteiger partial charge in [-0.15, -0.1) is 6.58 Å². The lowest BCUT2D eigenvalue weighted by molar-refractivity contribution is -0.132. The van der Waals surface area contributed by atoms with Crippen molar-refractivity contribution in [1.29, 1.82) is 0 Å². The third-order valence-electron chi connectivity index (χ3n) is 6.70. The average Bonchev–Trinajstić information content (AvgIpc) is 3.25. The topological polar surface area (TPSA) is 58.6 Å². The van der Waals surface area contributed by atoms with Crippen LogP contribution in [0.5, 0.6) is 0 Å². The number of allylic oxidation sites excluding steroid dienone is 1. The first-order valence-electron chi connectivity index (χ1n) is 9.68. The van der Waals surface area contributed by atoms with Crippen LogP contribution in [-0.4, -0.2) is 48.1 Å². The third kappa shape index (κ3) is 3.23. The van der Waals surface area contributed by atoms with Gasteiger partial charge >= 0.3 is 0 Å². The molecule has 0 aromatic carbocycles. The molecule has 2 bridgehead atoms. The minimum atomic E-state index is -0.335. The van der Waals surface area contributed by atoms with E-state index >= 15 is 0 Å². The van der Waals surface area contributed by atoms with Gasteiger partial charge in [0.1, 0.15) is 0 Å². The Balaban J connectivity index is 1.63. The molecule has 2 amide bonds. The van der Waals surface area contributed by atoms with Gasteiger partial charge in [0.05, 0.1) is 18.2 Å². The maximum absolute atomic E-state index is 12.4. The quantitative estimate of drug-likeness (QED) is 0.719. The van der Waals surface area contributed by atoms with Crippen LogP contribution in [0.15, 0.2) is 12.7 Å². The first kappa shape index (κ1) is 18.4. The van der Waals surface area contributed by atoms with Crippen LogP contribution < -0.4 is 5.32 Å². The summed E-state index contributed by atoms with van der Waals surface area (Å²) in [7, 11) is 0. The maximum Gasteiger partial charge on any atom is 0.225 e. The highest BCUT2D eigenvalue weighted by atomic mass is 16.5. The predicted octanol–water partition coefficient (Wildman–Crippen LogP) is 2.51. The Morgan fingerprint density at radius 3 is 2.88 bits per heavy atom. The number of carbonyl (C=O) groups is 2. The molecular formula is C20H32N2O3. The highest BCUT2D eigenvalue weighted by Crippen LogP contribution is 2.54. The zero-order valence-electron chi connectivity index (χ0n) is 15.8. The molecule has 0 unspecified atom stereocenters. The molecule has 0 aromatic heterocycles. The summed E-state index contributed by atoms with van der Waals surface area (Å²) in [5, 5.41) is 3.15.